The van der Waals surface area contributed by atoms with E-state index in [1.807, 2.05) is 0 Å². The molecule has 1 heterocycles. The molecule has 2 aromatic rings. The van der Waals surface area contributed by atoms with Crippen LogP contribution in [0.4, 0.5) is 5.13 Å². The van der Waals surface area contributed by atoms with E-state index >= 15 is 0 Å². The molecule has 1 aromatic heterocycles. The lowest BCUT2D eigenvalue weighted by Gasteiger charge is -2.26. The summed E-state index contributed by atoms with van der Waals surface area (Å²) in [5, 5.41) is 12.7. The first-order valence-corrected chi connectivity index (χ1v) is 9.23. The Morgan fingerprint density at radius 2 is 1.64 bits per heavy atom. The van der Waals surface area contributed by atoms with Crippen molar-refractivity contribution in [2.24, 2.45) is 0 Å². The second-order valence-corrected chi connectivity index (χ2v) is 6.72. The van der Waals surface area contributed by atoms with E-state index in [1.54, 1.807) is 18.2 Å². The minimum atomic E-state index is -0.327. The number of carbonyl (C=O) groups is 1. The van der Waals surface area contributed by atoms with Gasteiger partial charge in [0.2, 0.25) is 5.13 Å². The highest BCUT2D eigenvalue weighted by atomic mass is 32.1. The quantitative estimate of drug-likeness (QED) is 0.758. The number of rotatable bonds is 8. The highest BCUT2D eigenvalue weighted by Crippen LogP contribution is 2.38. The van der Waals surface area contributed by atoms with Crippen molar-refractivity contribution in [3.8, 4) is 11.5 Å². The van der Waals surface area contributed by atoms with Crippen molar-refractivity contribution in [3.63, 3.8) is 0 Å². The summed E-state index contributed by atoms with van der Waals surface area (Å²) in [6.45, 7) is 6.48. The van der Waals surface area contributed by atoms with Crippen LogP contribution >= 0.6 is 11.3 Å². The largest absolute Gasteiger partial charge is 0.496 e. The summed E-state index contributed by atoms with van der Waals surface area (Å²) in [6, 6.07) is 5.22. The number of aromatic nitrogens is 2. The number of nitrogens with one attached hydrogen (secondary N) is 1. The number of anilines is 1. The van der Waals surface area contributed by atoms with Crippen LogP contribution in [0.5, 0.6) is 11.5 Å². The third kappa shape index (κ3) is 3.76. The van der Waals surface area contributed by atoms with Gasteiger partial charge in [-0.1, -0.05) is 38.2 Å². The Labute approximate surface area is 152 Å². The third-order valence-corrected chi connectivity index (χ3v) is 5.87. The van der Waals surface area contributed by atoms with Crippen molar-refractivity contribution < 1.29 is 14.3 Å². The first-order valence-electron chi connectivity index (χ1n) is 8.41. The van der Waals surface area contributed by atoms with Gasteiger partial charge < -0.3 is 9.47 Å². The van der Waals surface area contributed by atoms with Gasteiger partial charge in [0.25, 0.3) is 5.91 Å². The van der Waals surface area contributed by atoms with E-state index in [9.17, 15) is 4.79 Å². The summed E-state index contributed by atoms with van der Waals surface area (Å²) in [5.74, 6) is 0.574. The fourth-order valence-electron chi connectivity index (χ4n) is 2.93. The van der Waals surface area contributed by atoms with E-state index in [2.05, 4.69) is 36.3 Å². The predicted octanol–water partition coefficient (Wildman–Crippen LogP) is 4.28. The average molecular weight is 363 g/mol. The van der Waals surface area contributed by atoms with Crippen molar-refractivity contribution in [1.29, 1.82) is 0 Å². The second-order valence-electron chi connectivity index (χ2n) is 5.75. The molecule has 0 saturated carbocycles. The van der Waals surface area contributed by atoms with Crippen molar-refractivity contribution in [2.45, 2.75) is 45.4 Å². The predicted molar refractivity (Wildman–Crippen MR) is 100.0 cm³/mol. The lowest BCUT2D eigenvalue weighted by Crippen LogP contribution is -2.22. The van der Waals surface area contributed by atoms with Crippen LogP contribution in [-0.2, 0) is 5.41 Å². The number of hydrogen-bond acceptors (Lipinski definition) is 6. The second kappa shape index (κ2) is 8.29. The van der Waals surface area contributed by atoms with Gasteiger partial charge >= 0.3 is 0 Å². The molecule has 2 rings (SSSR count). The van der Waals surface area contributed by atoms with E-state index in [4.69, 9.17) is 9.47 Å². The van der Waals surface area contributed by atoms with E-state index in [0.717, 1.165) is 24.3 Å². The standard InChI is InChI=1S/C18H25N3O3S/c1-6-18(7-2,8-3)16-20-21-17(25-16)19-15(22)14-12(23-4)10-9-11-13(14)24-5/h9-11H,6-8H2,1-5H3,(H,19,21,22). The zero-order valence-corrected chi connectivity index (χ0v) is 16.2. The molecule has 1 N–H and O–H groups in total. The molecule has 1 aromatic carbocycles. The number of amides is 1. The fraction of sp³-hybridized carbons (Fsp3) is 0.500. The van der Waals surface area contributed by atoms with Gasteiger partial charge in [-0.3, -0.25) is 10.1 Å². The SMILES string of the molecule is CCC(CC)(CC)c1nnc(NC(=O)c2c(OC)cccc2OC)s1. The smallest absolute Gasteiger partial charge is 0.265 e. The number of methoxy groups -OCH3 is 2. The van der Waals surface area contributed by atoms with Crippen LogP contribution in [0, 0.1) is 0 Å². The summed E-state index contributed by atoms with van der Waals surface area (Å²) in [7, 11) is 3.04. The number of ether oxygens (including phenoxy) is 2. The molecule has 0 radical (unpaired) electrons. The Balaban J connectivity index is 2.29. The molecular weight excluding hydrogens is 338 g/mol. The van der Waals surface area contributed by atoms with Crippen LogP contribution in [0.15, 0.2) is 18.2 Å². The molecule has 0 aliphatic carbocycles. The van der Waals surface area contributed by atoms with Crippen LogP contribution in [0.3, 0.4) is 0 Å². The molecule has 7 heteroatoms. The minimum Gasteiger partial charge on any atom is -0.496 e. The first kappa shape index (κ1) is 19.2. The number of hydrogen-bond donors (Lipinski definition) is 1. The van der Waals surface area contributed by atoms with Crippen molar-refractivity contribution in [2.75, 3.05) is 19.5 Å². The topological polar surface area (TPSA) is 73.3 Å². The monoisotopic (exact) mass is 363 g/mol. The average Bonchev–Trinajstić information content (AvgIpc) is 3.11. The summed E-state index contributed by atoms with van der Waals surface area (Å²) in [4.78, 5) is 12.7. The molecule has 25 heavy (non-hydrogen) atoms. The number of nitrogens with zero attached hydrogens (tertiary/aromatic N) is 2. The molecule has 0 spiro atoms. The molecule has 0 atom stereocenters. The zero-order chi connectivity index (χ0) is 18.4. The van der Waals surface area contributed by atoms with Gasteiger partial charge in [0, 0.05) is 5.41 Å². The van der Waals surface area contributed by atoms with Gasteiger partial charge in [0.15, 0.2) is 0 Å². The van der Waals surface area contributed by atoms with Gasteiger partial charge in [0.1, 0.15) is 22.1 Å². The molecule has 0 aliphatic heterocycles. The molecule has 136 valence electrons. The summed E-state index contributed by atoms with van der Waals surface area (Å²) < 4.78 is 10.6. The molecule has 0 unspecified atom stereocenters. The highest BCUT2D eigenvalue weighted by Gasteiger charge is 2.31. The summed E-state index contributed by atoms with van der Waals surface area (Å²) in [5.41, 5.74) is 0.361. The van der Waals surface area contributed by atoms with E-state index in [0.29, 0.717) is 22.2 Å². The maximum absolute atomic E-state index is 12.7. The van der Waals surface area contributed by atoms with Gasteiger partial charge in [0.05, 0.1) is 14.2 Å². The van der Waals surface area contributed by atoms with Crippen LogP contribution in [0.2, 0.25) is 0 Å². The van der Waals surface area contributed by atoms with Crippen LogP contribution in [-0.4, -0.2) is 30.3 Å². The minimum absolute atomic E-state index is 0.0166. The molecule has 0 saturated heterocycles. The van der Waals surface area contributed by atoms with Gasteiger partial charge in [-0.05, 0) is 31.4 Å². The third-order valence-electron chi connectivity index (χ3n) is 4.78. The molecule has 1 amide bonds. The summed E-state index contributed by atoms with van der Waals surface area (Å²) >= 11 is 1.43. The van der Waals surface area contributed by atoms with E-state index < -0.39 is 0 Å². The Morgan fingerprint density at radius 3 is 2.12 bits per heavy atom. The lowest BCUT2D eigenvalue weighted by atomic mass is 9.81. The van der Waals surface area contributed by atoms with Gasteiger partial charge in [-0.2, -0.15) is 0 Å². The number of benzene rings is 1. The molecule has 0 fully saturated rings. The Hall–Kier alpha value is -2.15. The molecule has 6 nitrogen and oxygen atoms in total. The van der Waals surface area contributed by atoms with Gasteiger partial charge in [-0.15, -0.1) is 10.2 Å². The maximum Gasteiger partial charge on any atom is 0.265 e. The highest BCUT2D eigenvalue weighted by molar-refractivity contribution is 7.15. The van der Waals surface area contributed by atoms with Crippen molar-refractivity contribution in [1.82, 2.24) is 10.2 Å². The van der Waals surface area contributed by atoms with Crippen molar-refractivity contribution in [3.05, 3.63) is 28.8 Å². The Kier molecular flexibility index (Phi) is 6.36. The zero-order valence-electron chi connectivity index (χ0n) is 15.4. The van der Waals surface area contributed by atoms with Crippen LogP contribution in [0.1, 0.15) is 55.4 Å². The molecule has 0 aliphatic rings. The fourth-order valence-corrected chi connectivity index (χ4v) is 4.07. The summed E-state index contributed by atoms with van der Waals surface area (Å²) in [6.07, 6.45) is 2.97. The normalized spacial score (nSPS) is 11.2. The molecule has 0 bridgehead atoms. The van der Waals surface area contributed by atoms with Crippen molar-refractivity contribution >= 4 is 22.4 Å². The van der Waals surface area contributed by atoms with Crippen LogP contribution < -0.4 is 14.8 Å². The first-order chi connectivity index (χ1) is 12.0. The van der Waals surface area contributed by atoms with Crippen LogP contribution in [0.25, 0.3) is 0 Å². The van der Waals surface area contributed by atoms with E-state index in [-0.39, 0.29) is 11.3 Å². The number of carbonyl (C=O) groups excluding carboxylic acids is 1. The van der Waals surface area contributed by atoms with E-state index in [1.165, 1.54) is 25.6 Å². The molecular formula is C18H25N3O3S. The Morgan fingerprint density at radius 1 is 1.08 bits per heavy atom. The lowest BCUT2D eigenvalue weighted by molar-refractivity contribution is 0.102. The Bertz CT molecular complexity index is 696. The maximum atomic E-state index is 12.7. The van der Waals surface area contributed by atoms with Gasteiger partial charge in [-0.25, -0.2) is 0 Å².